The number of amides is 1. The van der Waals surface area contributed by atoms with Gasteiger partial charge in [0.15, 0.2) is 0 Å². The highest BCUT2D eigenvalue weighted by Gasteiger charge is 2.36. The lowest BCUT2D eigenvalue weighted by molar-refractivity contribution is -0.139. The summed E-state index contributed by atoms with van der Waals surface area (Å²) in [6.07, 6.45) is 9.33. The number of hydrogen-bond acceptors (Lipinski definition) is 3. The van der Waals surface area contributed by atoms with Crippen molar-refractivity contribution in [3.05, 3.63) is 22.3 Å². The normalized spacial score (nSPS) is 21.5. The van der Waals surface area contributed by atoms with Crippen molar-refractivity contribution in [3.63, 3.8) is 0 Å². The Balaban J connectivity index is 1.63. The van der Waals surface area contributed by atoms with Crippen molar-refractivity contribution in [2.24, 2.45) is 11.8 Å². The Morgan fingerprint density at radius 1 is 1.04 bits per heavy atom. The largest absolute Gasteiger partial charge is 0.480 e. The molecule has 144 valence electrons. The highest BCUT2D eigenvalue weighted by Crippen LogP contribution is 2.49. The fraction of sp³-hybridized carbons (Fsp3) is 0.714. The van der Waals surface area contributed by atoms with Gasteiger partial charge in [-0.25, -0.2) is 9.59 Å². The quantitative estimate of drug-likeness (QED) is 0.726. The van der Waals surface area contributed by atoms with E-state index in [-0.39, 0.29) is 11.8 Å². The lowest BCUT2D eigenvalue weighted by Crippen LogP contribution is -2.42. The van der Waals surface area contributed by atoms with Gasteiger partial charge < -0.3 is 15.2 Å². The molecule has 2 N–H and O–H groups in total. The molecule has 0 aromatic rings. The average Bonchev–Trinajstić information content (AvgIpc) is 2.93. The van der Waals surface area contributed by atoms with Gasteiger partial charge in [0.1, 0.15) is 12.6 Å². The van der Waals surface area contributed by atoms with Crippen LogP contribution in [0, 0.1) is 11.8 Å². The van der Waals surface area contributed by atoms with Crippen LogP contribution >= 0.6 is 0 Å². The van der Waals surface area contributed by atoms with Crippen molar-refractivity contribution < 1.29 is 19.4 Å². The molecule has 0 heterocycles. The van der Waals surface area contributed by atoms with Gasteiger partial charge in [-0.1, -0.05) is 25.0 Å². The molecule has 1 atom stereocenters. The third-order valence-electron chi connectivity index (χ3n) is 5.90. The van der Waals surface area contributed by atoms with Gasteiger partial charge in [-0.2, -0.15) is 0 Å². The van der Waals surface area contributed by atoms with Crippen molar-refractivity contribution in [3.8, 4) is 0 Å². The van der Waals surface area contributed by atoms with E-state index in [4.69, 9.17) is 4.74 Å². The molecular weight excluding hydrogens is 330 g/mol. The number of alkyl carbamates (subject to hydrolysis) is 1. The molecule has 5 heteroatoms. The Hall–Kier alpha value is -1.78. The first-order valence-electron chi connectivity index (χ1n) is 10.1. The van der Waals surface area contributed by atoms with Crippen molar-refractivity contribution in [2.45, 2.75) is 77.7 Å². The third-order valence-corrected chi connectivity index (χ3v) is 5.90. The van der Waals surface area contributed by atoms with Crippen molar-refractivity contribution in [2.75, 3.05) is 6.61 Å². The molecular formula is C21H31NO4. The summed E-state index contributed by atoms with van der Waals surface area (Å²) in [6, 6.07) is -0.889. The van der Waals surface area contributed by atoms with Gasteiger partial charge in [0.2, 0.25) is 0 Å². The number of fused-ring (bicyclic) bond motifs is 1. The summed E-state index contributed by atoms with van der Waals surface area (Å²) in [5, 5.41) is 11.8. The summed E-state index contributed by atoms with van der Waals surface area (Å²) in [7, 11) is 0. The van der Waals surface area contributed by atoms with Crippen LogP contribution in [0.3, 0.4) is 0 Å². The number of hydrogen-bond donors (Lipinski definition) is 2. The van der Waals surface area contributed by atoms with E-state index in [9.17, 15) is 14.7 Å². The van der Waals surface area contributed by atoms with Gasteiger partial charge in [-0.3, -0.25) is 0 Å². The molecule has 0 aromatic carbocycles. The van der Waals surface area contributed by atoms with Crippen LogP contribution in [0.25, 0.3) is 0 Å². The van der Waals surface area contributed by atoms with Gasteiger partial charge in [-0.15, -0.1) is 0 Å². The van der Waals surface area contributed by atoms with E-state index in [1.165, 1.54) is 49.7 Å². The van der Waals surface area contributed by atoms with Crippen molar-refractivity contribution in [1.29, 1.82) is 0 Å². The zero-order valence-electron chi connectivity index (χ0n) is 16.0. The maximum Gasteiger partial charge on any atom is 0.407 e. The van der Waals surface area contributed by atoms with E-state index in [1.54, 1.807) is 11.1 Å². The molecule has 26 heavy (non-hydrogen) atoms. The maximum absolute atomic E-state index is 12.2. The molecule has 0 aliphatic heterocycles. The molecule has 0 saturated heterocycles. The summed E-state index contributed by atoms with van der Waals surface area (Å²) >= 11 is 0. The van der Waals surface area contributed by atoms with Gasteiger partial charge in [0.05, 0.1) is 0 Å². The molecule has 0 aromatic heterocycles. The Morgan fingerprint density at radius 2 is 1.58 bits per heavy atom. The van der Waals surface area contributed by atoms with Crippen LogP contribution in [0.15, 0.2) is 22.3 Å². The van der Waals surface area contributed by atoms with Crippen LogP contribution in [0.1, 0.15) is 71.6 Å². The number of ether oxygens (including phenoxy) is 1. The first-order chi connectivity index (χ1) is 12.5. The molecule has 0 spiro atoms. The topological polar surface area (TPSA) is 75.6 Å². The van der Waals surface area contributed by atoms with E-state index in [0.717, 1.165) is 12.8 Å². The van der Waals surface area contributed by atoms with Crippen LogP contribution < -0.4 is 5.32 Å². The summed E-state index contributed by atoms with van der Waals surface area (Å²) in [6.45, 7) is 4.22. The second kappa shape index (κ2) is 8.28. The molecule has 0 fully saturated rings. The second-order valence-electron chi connectivity index (χ2n) is 8.24. The zero-order chi connectivity index (χ0) is 18.7. The van der Waals surface area contributed by atoms with E-state index in [2.05, 4.69) is 5.32 Å². The summed E-state index contributed by atoms with van der Waals surface area (Å²) in [5.74, 6) is -0.582. The second-order valence-corrected chi connectivity index (χ2v) is 8.24. The Kier molecular flexibility index (Phi) is 6.05. The zero-order valence-corrected chi connectivity index (χ0v) is 16.0. The van der Waals surface area contributed by atoms with Crippen LogP contribution in [-0.4, -0.2) is 29.8 Å². The Bertz CT molecular complexity index is 600. The van der Waals surface area contributed by atoms with Crippen molar-refractivity contribution >= 4 is 12.1 Å². The van der Waals surface area contributed by atoms with E-state index in [1.807, 2.05) is 13.8 Å². The Labute approximate surface area is 155 Å². The van der Waals surface area contributed by atoms with Crippen LogP contribution in [0.4, 0.5) is 4.79 Å². The van der Waals surface area contributed by atoms with Crippen LogP contribution in [0.2, 0.25) is 0 Å². The van der Waals surface area contributed by atoms with Gasteiger partial charge in [0.25, 0.3) is 0 Å². The number of carboxylic acids is 1. The van der Waals surface area contributed by atoms with Crippen LogP contribution in [0.5, 0.6) is 0 Å². The fourth-order valence-electron chi connectivity index (χ4n) is 4.76. The smallest absolute Gasteiger partial charge is 0.407 e. The minimum absolute atomic E-state index is 0.191. The number of nitrogens with one attached hydrogen (secondary N) is 1. The van der Waals surface area contributed by atoms with Gasteiger partial charge in [-0.05, 0) is 74.9 Å². The highest BCUT2D eigenvalue weighted by molar-refractivity contribution is 5.79. The number of rotatable bonds is 6. The van der Waals surface area contributed by atoms with Gasteiger partial charge in [0, 0.05) is 5.92 Å². The fourth-order valence-corrected chi connectivity index (χ4v) is 4.76. The number of allylic oxidation sites excluding steroid dienone is 2. The van der Waals surface area contributed by atoms with Crippen LogP contribution in [-0.2, 0) is 9.53 Å². The minimum atomic E-state index is -1.01. The Morgan fingerprint density at radius 3 is 2.08 bits per heavy atom. The van der Waals surface area contributed by atoms with Gasteiger partial charge >= 0.3 is 12.1 Å². The first kappa shape index (κ1) is 19.0. The number of carbonyl (C=O) groups is 2. The monoisotopic (exact) mass is 361 g/mol. The molecule has 0 bridgehead atoms. The summed E-state index contributed by atoms with van der Waals surface area (Å²) < 4.78 is 5.50. The third kappa shape index (κ3) is 4.13. The van der Waals surface area contributed by atoms with Crippen molar-refractivity contribution in [1.82, 2.24) is 5.32 Å². The predicted octanol–water partition coefficient (Wildman–Crippen LogP) is 4.58. The lowest BCUT2D eigenvalue weighted by atomic mass is 9.86. The molecule has 0 radical (unpaired) electrons. The number of carbonyl (C=O) groups excluding carboxylic acids is 1. The lowest BCUT2D eigenvalue weighted by Gasteiger charge is -2.23. The van der Waals surface area contributed by atoms with E-state index < -0.39 is 18.1 Å². The van der Waals surface area contributed by atoms with E-state index >= 15 is 0 Å². The standard InChI is InChI=1S/C21H31NO4/c1-13(2)11-19(20(23)24)22-21(25)26-12-18-16-9-5-3-7-14(16)15-8-4-6-10-17(15)18/h13,18-19H,3-12H2,1-2H3,(H,22,25)(H,23,24)/t19-/m1/s1. The molecule has 5 nitrogen and oxygen atoms in total. The summed E-state index contributed by atoms with van der Waals surface area (Å²) in [4.78, 5) is 23.5. The molecule has 3 aliphatic carbocycles. The SMILES string of the molecule is CC(C)C[C@@H](NC(=O)OCC1C2=C(CCCC2)C2=C1CCCC2)C(=O)O. The maximum atomic E-state index is 12.2. The van der Waals surface area contributed by atoms with E-state index in [0.29, 0.717) is 13.0 Å². The number of aliphatic carboxylic acids is 1. The molecule has 1 amide bonds. The summed E-state index contributed by atoms with van der Waals surface area (Å²) in [5.41, 5.74) is 6.10. The molecule has 0 unspecified atom stereocenters. The number of carboxylic acid groups (broad SMARTS) is 1. The minimum Gasteiger partial charge on any atom is -0.480 e. The molecule has 3 aliphatic rings. The molecule has 0 saturated carbocycles. The average molecular weight is 361 g/mol. The molecule has 3 rings (SSSR count). The highest BCUT2D eigenvalue weighted by atomic mass is 16.5. The predicted molar refractivity (Wildman–Crippen MR) is 99.8 cm³/mol. The first-order valence-corrected chi connectivity index (χ1v) is 10.1.